The second-order valence-electron chi connectivity index (χ2n) is 8.57. The van der Waals surface area contributed by atoms with E-state index >= 15 is 0 Å². The molecule has 5 heterocycles. The van der Waals surface area contributed by atoms with E-state index in [9.17, 15) is 0 Å². The van der Waals surface area contributed by atoms with Crippen molar-refractivity contribution in [1.29, 1.82) is 0 Å². The highest BCUT2D eigenvalue weighted by molar-refractivity contribution is 5.55. The number of nitrogens with zero attached hydrogens (tertiary/aromatic N) is 1. The maximum Gasteiger partial charge on any atom is 0.0993 e. The minimum atomic E-state index is 0.248. The molecule has 4 nitrogen and oxygen atoms in total. The van der Waals surface area contributed by atoms with Gasteiger partial charge in [-0.25, -0.2) is 0 Å². The zero-order valence-electron chi connectivity index (χ0n) is 15.2. The maximum absolute atomic E-state index is 6.18. The third kappa shape index (κ3) is 2.43. The molecule has 2 bridgehead atoms. The molecule has 2 fully saturated rings. The first-order valence-electron chi connectivity index (χ1n) is 10.3. The van der Waals surface area contributed by atoms with E-state index in [2.05, 4.69) is 45.7 Å². The minimum Gasteiger partial charge on any atom is -0.385 e. The van der Waals surface area contributed by atoms with E-state index in [4.69, 9.17) is 4.74 Å². The first-order valence-corrected chi connectivity index (χ1v) is 10.3. The smallest absolute Gasteiger partial charge is 0.0993 e. The molecule has 0 spiro atoms. The summed E-state index contributed by atoms with van der Waals surface area (Å²) in [5.41, 5.74) is 7.18. The molecule has 4 aliphatic heterocycles. The van der Waals surface area contributed by atoms with Gasteiger partial charge in [0.25, 0.3) is 0 Å². The average Bonchev–Trinajstić information content (AvgIpc) is 3.35. The number of nitrogens with one attached hydrogen (secondary N) is 2. The van der Waals surface area contributed by atoms with Gasteiger partial charge in [0, 0.05) is 54.2 Å². The summed E-state index contributed by atoms with van der Waals surface area (Å²) < 4.78 is 8.65. The first-order chi connectivity index (χ1) is 12.8. The lowest BCUT2D eigenvalue weighted by Crippen LogP contribution is -2.43. The molecule has 4 aliphatic rings. The number of hydrogen-bond donors (Lipinski definition) is 2. The van der Waals surface area contributed by atoms with Crippen LogP contribution in [0.3, 0.4) is 0 Å². The number of hydrogen-bond acceptors (Lipinski definition) is 3. The predicted molar refractivity (Wildman–Crippen MR) is 103 cm³/mol. The lowest BCUT2D eigenvalue weighted by Gasteiger charge is -2.30. The minimum absolute atomic E-state index is 0.248. The largest absolute Gasteiger partial charge is 0.385 e. The van der Waals surface area contributed by atoms with Crippen molar-refractivity contribution in [2.45, 2.75) is 62.8 Å². The van der Waals surface area contributed by atoms with Crippen molar-refractivity contribution in [2.75, 3.05) is 18.5 Å². The fourth-order valence-corrected chi connectivity index (χ4v) is 5.47. The van der Waals surface area contributed by atoms with Crippen molar-refractivity contribution >= 4 is 5.69 Å². The Balaban J connectivity index is 1.21. The fraction of sp³-hybridized carbons (Fsp3) is 0.545. The summed E-state index contributed by atoms with van der Waals surface area (Å²) in [4.78, 5) is 0. The molecule has 4 atom stereocenters. The molecule has 0 saturated carbocycles. The van der Waals surface area contributed by atoms with Crippen LogP contribution in [0.4, 0.5) is 5.69 Å². The standard InChI is InChI=1S/C22H27N3O/c1-2-14-3-4-15(10-21(14)23-7-1)16-8-19-9-17(12-25(19)11-16)22-20-6-5-18(24-20)13-26-22/h3-4,9-10,12,16,18,20,22-24H,1-2,5-8,11,13H2. The number of aromatic nitrogens is 1. The molecular formula is C22H27N3O. The maximum atomic E-state index is 6.18. The molecule has 2 aromatic rings. The van der Waals surface area contributed by atoms with Crippen LogP contribution in [0.25, 0.3) is 0 Å². The lowest BCUT2D eigenvalue weighted by molar-refractivity contribution is -0.00616. The van der Waals surface area contributed by atoms with Crippen molar-refractivity contribution in [1.82, 2.24) is 9.88 Å². The Labute approximate surface area is 154 Å². The quantitative estimate of drug-likeness (QED) is 0.873. The SMILES string of the molecule is c1cc2c(cc1C1Cc3cc(C4OCC5CCC4N5)cn3C1)NCCC2. The third-order valence-electron chi connectivity index (χ3n) is 6.87. The van der Waals surface area contributed by atoms with Crippen LogP contribution in [0.2, 0.25) is 0 Å². The molecule has 0 amide bonds. The first kappa shape index (κ1) is 15.3. The molecule has 6 rings (SSSR count). The van der Waals surface area contributed by atoms with Crippen molar-refractivity contribution in [2.24, 2.45) is 0 Å². The number of rotatable bonds is 2. The predicted octanol–water partition coefficient (Wildman–Crippen LogP) is 3.38. The average molecular weight is 349 g/mol. The van der Waals surface area contributed by atoms with Gasteiger partial charge in [0.1, 0.15) is 0 Å². The van der Waals surface area contributed by atoms with E-state index in [0.29, 0.717) is 18.0 Å². The van der Waals surface area contributed by atoms with Gasteiger partial charge in [-0.2, -0.15) is 0 Å². The van der Waals surface area contributed by atoms with E-state index in [1.807, 2.05) is 0 Å². The van der Waals surface area contributed by atoms with Gasteiger partial charge < -0.3 is 19.9 Å². The summed E-state index contributed by atoms with van der Waals surface area (Å²) in [7, 11) is 0. The van der Waals surface area contributed by atoms with E-state index < -0.39 is 0 Å². The van der Waals surface area contributed by atoms with Crippen molar-refractivity contribution in [3.05, 3.63) is 52.8 Å². The lowest BCUT2D eigenvalue weighted by atomic mass is 9.92. The van der Waals surface area contributed by atoms with Crippen LogP contribution in [0, 0.1) is 0 Å². The molecule has 26 heavy (non-hydrogen) atoms. The normalized spacial score (nSPS) is 32.2. The molecule has 136 valence electrons. The van der Waals surface area contributed by atoms with Crippen LogP contribution in [-0.2, 0) is 24.1 Å². The highest BCUT2D eigenvalue weighted by atomic mass is 16.5. The molecule has 2 saturated heterocycles. The van der Waals surface area contributed by atoms with Crippen LogP contribution in [0.15, 0.2) is 30.5 Å². The molecule has 4 unspecified atom stereocenters. The molecule has 0 radical (unpaired) electrons. The molecule has 0 aliphatic carbocycles. The van der Waals surface area contributed by atoms with Gasteiger partial charge in [0.05, 0.1) is 12.7 Å². The summed E-state index contributed by atoms with van der Waals surface area (Å²) in [6, 6.07) is 10.6. The van der Waals surface area contributed by atoms with Gasteiger partial charge in [0.2, 0.25) is 0 Å². The summed E-state index contributed by atoms with van der Waals surface area (Å²) in [5, 5.41) is 7.30. The van der Waals surface area contributed by atoms with Crippen molar-refractivity contribution in [3.63, 3.8) is 0 Å². The highest BCUT2D eigenvalue weighted by Gasteiger charge is 2.38. The van der Waals surface area contributed by atoms with Gasteiger partial charge in [-0.15, -0.1) is 0 Å². The molecule has 1 aromatic carbocycles. The molecule has 1 aromatic heterocycles. The number of aryl methyl sites for hydroxylation is 1. The van der Waals surface area contributed by atoms with Crippen molar-refractivity contribution < 1.29 is 4.74 Å². The Bertz CT molecular complexity index is 818. The zero-order valence-corrected chi connectivity index (χ0v) is 15.2. The monoisotopic (exact) mass is 349 g/mol. The fourth-order valence-electron chi connectivity index (χ4n) is 5.47. The number of ether oxygens (including phenoxy) is 1. The number of anilines is 1. The van der Waals surface area contributed by atoms with Gasteiger partial charge in [-0.05, 0) is 55.4 Å². The number of morpholine rings is 1. The summed E-state index contributed by atoms with van der Waals surface area (Å²) in [5.74, 6) is 0.606. The summed E-state index contributed by atoms with van der Waals surface area (Å²) in [6.45, 7) is 3.08. The molecule has 2 N–H and O–H groups in total. The second kappa shape index (κ2) is 5.86. The molecule has 4 heteroatoms. The molecular weight excluding hydrogens is 322 g/mol. The third-order valence-corrected chi connectivity index (χ3v) is 6.87. The summed E-state index contributed by atoms with van der Waals surface area (Å²) >= 11 is 0. The van der Waals surface area contributed by atoms with Gasteiger partial charge in [0.15, 0.2) is 0 Å². The van der Waals surface area contributed by atoms with Crippen LogP contribution < -0.4 is 10.6 Å². The summed E-state index contributed by atoms with van der Waals surface area (Å²) in [6.07, 6.45) is 8.74. The number of benzene rings is 1. The second-order valence-corrected chi connectivity index (χ2v) is 8.57. The van der Waals surface area contributed by atoms with E-state index in [0.717, 1.165) is 26.1 Å². The Morgan fingerprint density at radius 3 is 3.08 bits per heavy atom. The van der Waals surface area contributed by atoms with E-state index in [1.54, 1.807) is 0 Å². The van der Waals surface area contributed by atoms with Gasteiger partial charge in [-0.1, -0.05) is 12.1 Å². The van der Waals surface area contributed by atoms with Gasteiger partial charge >= 0.3 is 0 Å². The van der Waals surface area contributed by atoms with E-state index in [1.165, 1.54) is 53.8 Å². The van der Waals surface area contributed by atoms with Crippen molar-refractivity contribution in [3.8, 4) is 0 Å². The Morgan fingerprint density at radius 2 is 2.12 bits per heavy atom. The Morgan fingerprint density at radius 1 is 1.12 bits per heavy atom. The van der Waals surface area contributed by atoms with Crippen LogP contribution in [-0.4, -0.2) is 29.8 Å². The van der Waals surface area contributed by atoms with Crippen LogP contribution >= 0.6 is 0 Å². The van der Waals surface area contributed by atoms with Gasteiger partial charge in [-0.3, -0.25) is 0 Å². The topological polar surface area (TPSA) is 38.2 Å². The zero-order chi connectivity index (χ0) is 17.1. The van der Waals surface area contributed by atoms with E-state index in [-0.39, 0.29) is 6.10 Å². The van der Waals surface area contributed by atoms with Crippen LogP contribution in [0.5, 0.6) is 0 Å². The number of fused-ring (bicyclic) bond motifs is 4. The highest BCUT2D eigenvalue weighted by Crippen LogP contribution is 2.38. The van der Waals surface area contributed by atoms with Crippen LogP contribution in [0.1, 0.15) is 53.7 Å². The Kier molecular flexibility index (Phi) is 3.45. The Hall–Kier alpha value is -1.78.